The summed E-state index contributed by atoms with van der Waals surface area (Å²) < 4.78 is 11.0. The highest BCUT2D eigenvalue weighted by molar-refractivity contribution is 6.30. The molecule has 27 heavy (non-hydrogen) atoms. The van der Waals surface area contributed by atoms with Crippen molar-refractivity contribution in [1.29, 1.82) is 0 Å². The number of hydrogen-bond donors (Lipinski definition) is 1. The van der Waals surface area contributed by atoms with Crippen molar-refractivity contribution in [1.82, 2.24) is 10.2 Å². The zero-order chi connectivity index (χ0) is 19.1. The molecule has 144 valence electrons. The Hall–Kier alpha value is -2.08. The number of aryl methyl sites for hydroxylation is 1. The highest BCUT2D eigenvalue weighted by atomic mass is 35.5. The van der Waals surface area contributed by atoms with Crippen LogP contribution in [0, 0.1) is 6.92 Å². The number of benzene rings is 2. The van der Waals surface area contributed by atoms with Crippen LogP contribution in [0.5, 0.6) is 5.75 Å². The molecule has 2 aromatic carbocycles. The van der Waals surface area contributed by atoms with Crippen molar-refractivity contribution in [2.45, 2.75) is 13.0 Å². The van der Waals surface area contributed by atoms with Gasteiger partial charge in [-0.05, 0) is 30.7 Å². The Morgan fingerprint density at radius 1 is 1.22 bits per heavy atom. The molecule has 1 aliphatic rings. The van der Waals surface area contributed by atoms with E-state index in [0.29, 0.717) is 30.5 Å². The molecule has 3 rings (SSSR count). The number of carbonyl (C=O) groups excluding carboxylic acids is 1. The first-order valence-corrected chi connectivity index (χ1v) is 9.53. The van der Waals surface area contributed by atoms with Gasteiger partial charge in [-0.1, -0.05) is 47.5 Å². The van der Waals surface area contributed by atoms with Gasteiger partial charge < -0.3 is 14.8 Å². The first-order chi connectivity index (χ1) is 13.1. The molecule has 1 amide bonds. The van der Waals surface area contributed by atoms with Gasteiger partial charge in [0.2, 0.25) is 0 Å². The molecule has 1 heterocycles. The van der Waals surface area contributed by atoms with Crippen LogP contribution in [0.3, 0.4) is 0 Å². The summed E-state index contributed by atoms with van der Waals surface area (Å²) in [5.74, 6) is 0.432. The SMILES string of the molecule is Cc1ccc(C(CNC(=O)COc2cccc(Cl)c2)N2CCOCC2)cc1. The molecule has 0 radical (unpaired) electrons. The van der Waals surface area contributed by atoms with E-state index in [1.54, 1.807) is 24.3 Å². The summed E-state index contributed by atoms with van der Waals surface area (Å²) in [6.07, 6.45) is 0. The smallest absolute Gasteiger partial charge is 0.258 e. The number of ether oxygens (including phenoxy) is 2. The highest BCUT2D eigenvalue weighted by Crippen LogP contribution is 2.22. The van der Waals surface area contributed by atoms with Crippen LogP contribution < -0.4 is 10.1 Å². The zero-order valence-corrected chi connectivity index (χ0v) is 16.2. The fourth-order valence-corrected chi connectivity index (χ4v) is 3.28. The first kappa shape index (κ1) is 19.7. The Morgan fingerprint density at radius 2 is 1.96 bits per heavy atom. The minimum absolute atomic E-state index is 0.0376. The summed E-state index contributed by atoms with van der Waals surface area (Å²) in [4.78, 5) is 14.6. The van der Waals surface area contributed by atoms with Crippen LogP contribution in [0.1, 0.15) is 17.2 Å². The fraction of sp³-hybridized carbons (Fsp3) is 0.381. The summed E-state index contributed by atoms with van der Waals surface area (Å²) in [6.45, 7) is 5.70. The Balaban J connectivity index is 1.58. The number of amides is 1. The minimum Gasteiger partial charge on any atom is -0.484 e. The number of carbonyl (C=O) groups is 1. The molecule has 1 unspecified atom stereocenters. The third-order valence-corrected chi connectivity index (χ3v) is 4.84. The van der Waals surface area contributed by atoms with E-state index in [2.05, 4.69) is 41.4 Å². The topological polar surface area (TPSA) is 50.8 Å². The maximum Gasteiger partial charge on any atom is 0.258 e. The van der Waals surface area contributed by atoms with E-state index in [4.69, 9.17) is 21.1 Å². The van der Waals surface area contributed by atoms with Gasteiger partial charge >= 0.3 is 0 Å². The van der Waals surface area contributed by atoms with Gasteiger partial charge in [-0.3, -0.25) is 9.69 Å². The van der Waals surface area contributed by atoms with E-state index in [9.17, 15) is 4.79 Å². The summed E-state index contributed by atoms with van der Waals surface area (Å²) in [5.41, 5.74) is 2.41. The van der Waals surface area contributed by atoms with Crippen LogP contribution in [-0.2, 0) is 9.53 Å². The van der Waals surface area contributed by atoms with Crippen molar-refractivity contribution in [3.8, 4) is 5.75 Å². The number of nitrogens with one attached hydrogen (secondary N) is 1. The summed E-state index contributed by atoms with van der Waals surface area (Å²) in [5, 5.41) is 3.58. The summed E-state index contributed by atoms with van der Waals surface area (Å²) in [7, 11) is 0. The predicted molar refractivity (Wildman–Crippen MR) is 106 cm³/mol. The average molecular weight is 389 g/mol. The lowest BCUT2D eigenvalue weighted by molar-refractivity contribution is -0.123. The second-order valence-electron chi connectivity index (χ2n) is 6.62. The minimum atomic E-state index is -0.152. The monoisotopic (exact) mass is 388 g/mol. The maximum atomic E-state index is 12.3. The molecule has 1 aliphatic heterocycles. The van der Waals surface area contributed by atoms with E-state index in [-0.39, 0.29) is 18.6 Å². The van der Waals surface area contributed by atoms with Crippen LogP contribution >= 0.6 is 11.6 Å². The molecule has 6 heteroatoms. The Morgan fingerprint density at radius 3 is 2.67 bits per heavy atom. The van der Waals surface area contributed by atoms with Crippen LogP contribution in [0.15, 0.2) is 48.5 Å². The molecule has 2 aromatic rings. The van der Waals surface area contributed by atoms with E-state index in [0.717, 1.165) is 13.1 Å². The number of halogens is 1. The van der Waals surface area contributed by atoms with E-state index in [1.807, 2.05) is 0 Å². The number of nitrogens with zero attached hydrogens (tertiary/aromatic N) is 1. The molecule has 1 N–H and O–H groups in total. The molecule has 0 aromatic heterocycles. The lowest BCUT2D eigenvalue weighted by Crippen LogP contribution is -2.44. The van der Waals surface area contributed by atoms with E-state index >= 15 is 0 Å². The molecular weight excluding hydrogens is 364 g/mol. The highest BCUT2D eigenvalue weighted by Gasteiger charge is 2.23. The van der Waals surface area contributed by atoms with Crippen LogP contribution in [0.4, 0.5) is 0 Å². The quantitative estimate of drug-likeness (QED) is 0.791. The second kappa shape index (κ2) is 9.74. The molecule has 1 fully saturated rings. The Bertz CT molecular complexity index is 745. The third kappa shape index (κ3) is 5.96. The molecule has 1 atom stereocenters. The summed E-state index contributed by atoms with van der Waals surface area (Å²) >= 11 is 5.93. The zero-order valence-electron chi connectivity index (χ0n) is 15.5. The van der Waals surface area contributed by atoms with Gasteiger partial charge in [0.25, 0.3) is 5.91 Å². The second-order valence-corrected chi connectivity index (χ2v) is 7.06. The van der Waals surface area contributed by atoms with E-state index < -0.39 is 0 Å². The van der Waals surface area contributed by atoms with Crippen LogP contribution in [-0.4, -0.2) is 50.3 Å². The van der Waals surface area contributed by atoms with Crippen molar-refractivity contribution in [2.24, 2.45) is 0 Å². The largest absolute Gasteiger partial charge is 0.484 e. The van der Waals surface area contributed by atoms with E-state index in [1.165, 1.54) is 11.1 Å². The van der Waals surface area contributed by atoms with Gasteiger partial charge in [0.15, 0.2) is 6.61 Å². The molecule has 1 saturated heterocycles. The van der Waals surface area contributed by atoms with Gasteiger partial charge in [0, 0.05) is 24.7 Å². The molecule has 0 spiro atoms. The van der Waals surface area contributed by atoms with Gasteiger partial charge in [-0.2, -0.15) is 0 Å². The average Bonchev–Trinajstić information content (AvgIpc) is 2.69. The van der Waals surface area contributed by atoms with Crippen molar-refractivity contribution in [3.63, 3.8) is 0 Å². The fourth-order valence-electron chi connectivity index (χ4n) is 3.10. The van der Waals surface area contributed by atoms with Crippen LogP contribution in [0.2, 0.25) is 5.02 Å². The molecular formula is C21H25ClN2O3. The maximum absolute atomic E-state index is 12.3. The van der Waals surface area contributed by atoms with Crippen molar-refractivity contribution < 1.29 is 14.3 Å². The molecule has 5 nitrogen and oxygen atoms in total. The first-order valence-electron chi connectivity index (χ1n) is 9.15. The number of hydrogen-bond acceptors (Lipinski definition) is 4. The lowest BCUT2D eigenvalue weighted by Gasteiger charge is -2.35. The van der Waals surface area contributed by atoms with Crippen LogP contribution in [0.25, 0.3) is 0 Å². The molecule has 0 saturated carbocycles. The lowest BCUT2D eigenvalue weighted by atomic mass is 10.0. The standard InChI is InChI=1S/C21H25ClN2O3/c1-16-5-7-17(8-6-16)20(24-9-11-26-12-10-24)14-23-21(25)15-27-19-4-2-3-18(22)13-19/h2-8,13,20H,9-12,14-15H2,1H3,(H,23,25). The van der Waals surface area contributed by atoms with Gasteiger partial charge in [0.1, 0.15) is 5.75 Å². The predicted octanol–water partition coefficient (Wildman–Crippen LogP) is 3.22. The van der Waals surface area contributed by atoms with Crippen molar-refractivity contribution >= 4 is 17.5 Å². The third-order valence-electron chi connectivity index (χ3n) is 4.61. The van der Waals surface area contributed by atoms with Gasteiger partial charge in [-0.25, -0.2) is 0 Å². The van der Waals surface area contributed by atoms with Crippen molar-refractivity contribution in [2.75, 3.05) is 39.5 Å². The molecule has 0 aliphatic carbocycles. The van der Waals surface area contributed by atoms with Crippen molar-refractivity contribution in [3.05, 3.63) is 64.7 Å². The Labute approximate surface area is 165 Å². The normalized spacial score (nSPS) is 15.9. The van der Waals surface area contributed by atoms with Gasteiger partial charge in [0.05, 0.1) is 19.3 Å². The molecule has 0 bridgehead atoms. The number of rotatable bonds is 7. The summed E-state index contributed by atoms with van der Waals surface area (Å²) in [6, 6.07) is 15.6. The number of morpholine rings is 1. The van der Waals surface area contributed by atoms with Gasteiger partial charge in [-0.15, -0.1) is 0 Å². The Kier molecular flexibility index (Phi) is 7.10.